The van der Waals surface area contributed by atoms with Crippen LogP contribution in [0.5, 0.6) is 5.75 Å². The number of fused-ring (bicyclic) bond motifs is 1. The van der Waals surface area contributed by atoms with Crippen LogP contribution < -0.4 is 10.1 Å². The molecule has 2 N–H and O–H groups in total. The van der Waals surface area contributed by atoms with Crippen molar-refractivity contribution in [2.24, 2.45) is 0 Å². The lowest BCUT2D eigenvalue weighted by atomic mass is 9.98. The van der Waals surface area contributed by atoms with Crippen molar-refractivity contribution in [3.63, 3.8) is 0 Å². The zero-order chi connectivity index (χ0) is 25.7. The molecule has 2 aromatic carbocycles. The molecule has 0 saturated heterocycles. The average molecular weight is 520 g/mol. The molecule has 6 nitrogen and oxygen atoms in total. The zero-order valence-corrected chi connectivity index (χ0v) is 20.1. The minimum atomic E-state index is -4.40. The SMILES string of the molecule is O=C(O)C[C@@H]1CCc2cc(OCCCNCc3nc(Cl)ncc3-c3ccc(C(F)(F)F)cc3)ccc21. The monoisotopic (exact) mass is 519 g/mol. The first-order valence-corrected chi connectivity index (χ1v) is 12.0. The topological polar surface area (TPSA) is 84.3 Å². The number of carboxylic acids is 1. The largest absolute Gasteiger partial charge is 0.494 e. The zero-order valence-electron chi connectivity index (χ0n) is 19.3. The number of carbonyl (C=O) groups is 1. The molecule has 3 aromatic rings. The van der Waals surface area contributed by atoms with E-state index in [-0.39, 0.29) is 17.6 Å². The van der Waals surface area contributed by atoms with E-state index in [9.17, 15) is 18.0 Å². The predicted octanol–water partition coefficient (Wildman–Crippen LogP) is 5.88. The summed E-state index contributed by atoms with van der Waals surface area (Å²) in [7, 11) is 0. The molecule has 0 unspecified atom stereocenters. The number of benzene rings is 2. The van der Waals surface area contributed by atoms with Crippen LogP contribution >= 0.6 is 11.6 Å². The Labute approximate surface area is 211 Å². The van der Waals surface area contributed by atoms with Crippen molar-refractivity contribution in [3.8, 4) is 16.9 Å². The second-order valence-corrected chi connectivity index (χ2v) is 8.99. The minimum Gasteiger partial charge on any atom is -0.494 e. The van der Waals surface area contributed by atoms with Gasteiger partial charge in [-0.15, -0.1) is 0 Å². The van der Waals surface area contributed by atoms with E-state index in [4.69, 9.17) is 21.4 Å². The van der Waals surface area contributed by atoms with E-state index in [1.165, 1.54) is 18.3 Å². The van der Waals surface area contributed by atoms with E-state index < -0.39 is 17.7 Å². The van der Waals surface area contributed by atoms with Gasteiger partial charge in [0, 0.05) is 18.3 Å². The van der Waals surface area contributed by atoms with E-state index >= 15 is 0 Å². The highest BCUT2D eigenvalue weighted by atomic mass is 35.5. The molecule has 0 bridgehead atoms. The standard InChI is InChI=1S/C26H25ClF3N3O3/c27-25-32-14-22(16-4-6-19(7-5-16)26(28,29)30)23(33-25)15-31-10-1-11-36-20-8-9-21-17(12-20)2-3-18(21)13-24(34)35/h4-9,12,14,18,31H,1-3,10-11,13,15H2,(H,34,35)/t18-/m0/s1. The Hall–Kier alpha value is -3.17. The predicted molar refractivity (Wildman–Crippen MR) is 129 cm³/mol. The number of nitrogens with one attached hydrogen (secondary N) is 1. The molecule has 190 valence electrons. The van der Waals surface area contributed by atoms with E-state index in [1.807, 2.05) is 18.2 Å². The Morgan fingerprint density at radius 3 is 2.69 bits per heavy atom. The Balaban J connectivity index is 1.27. The van der Waals surface area contributed by atoms with Gasteiger partial charge in [0.2, 0.25) is 5.28 Å². The van der Waals surface area contributed by atoms with Crippen LogP contribution in [0.15, 0.2) is 48.7 Å². The van der Waals surface area contributed by atoms with Crippen molar-refractivity contribution in [1.82, 2.24) is 15.3 Å². The number of hydrogen-bond donors (Lipinski definition) is 2. The first kappa shape index (κ1) is 25.9. The average Bonchev–Trinajstić information content (AvgIpc) is 3.22. The van der Waals surface area contributed by atoms with Gasteiger partial charge >= 0.3 is 12.1 Å². The molecule has 0 spiro atoms. The number of carboxylic acid groups (broad SMARTS) is 1. The maximum absolute atomic E-state index is 12.9. The molecule has 36 heavy (non-hydrogen) atoms. The maximum Gasteiger partial charge on any atom is 0.416 e. The van der Waals surface area contributed by atoms with Crippen LogP contribution in [0, 0.1) is 0 Å². The van der Waals surface area contributed by atoms with E-state index in [0.717, 1.165) is 41.9 Å². The van der Waals surface area contributed by atoms with Crippen molar-refractivity contribution in [2.75, 3.05) is 13.2 Å². The van der Waals surface area contributed by atoms with Crippen LogP contribution in [-0.2, 0) is 23.9 Å². The molecule has 10 heteroatoms. The molecular weight excluding hydrogens is 495 g/mol. The van der Waals surface area contributed by atoms with E-state index in [1.54, 1.807) is 0 Å². The molecule has 0 amide bonds. The van der Waals surface area contributed by atoms with Gasteiger partial charge in [0.05, 0.1) is 24.3 Å². The summed E-state index contributed by atoms with van der Waals surface area (Å²) in [6.07, 6.45) is -0.327. The molecule has 1 aliphatic rings. The number of halogens is 4. The Morgan fingerprint density at radius 2 is 1.97 bits per heavy atom. The second kappa shape index (κ2) is 11.3. The normalized spacial score (nSPS) is 15.1. The fourth-order valence-electron chi connectivity index (χ4n) is 4.40. The number of aryl methyl sites for hydroxylation is 1. The first-order chi connectivity index (χ1) is 17.2. The summed E-state index contributed by atoms with van der Waals surface area (Å²) in [5.41, 5.74) is 3.29. The number of rotatable bonds is 10. The van der Waals surface area contributed by atoms with E-state index in [2.05, 4.69) is 15.3 Å². The number of nitrogens with zero attached hydrogens (tertiary/aromatic N) is 2. The lowest BCUT2D eigenvalue weighted by Gasteiger charge is -2.12. The number of alkyl halides is 3. The highest BCUT2D eigenvalue weighted by molar-refractivity contribution is 6.28. The first-order valence-electron chi connectivity index (χ1n) is 11.6. The Bertz CT molecular complexity index is 1220. The molecule has 0 saturated carbocycles. The van der Waals surface area contributed by atoms with Gasteiger partial charge in [-0.3, -0.25) is 4.79 Å². The van der Waals surface area contributed by atoms with Crippen LogP contribution in [0.2, 0.25) is 5.28 Å². The smallest absolute Gasteiger partial charge is 0.416 e. The molecule has 1 atom stereocenters. The Morgan fingerprint density at radius 1 is 1.19 bits per heavy atom. The van der Waals surface area contributed by atoms with Crippen LogP contribution in [0.25, 0.3) is 11.1 Å². The molecule has 1 aromatic heterocycles. The third-order valence-corrected chi connectivity index (χ3v) is 6.34. The van der Waals surface area contributed by atoms with Gasteiger partial charge in [0.15, 0.2) is 0 Å². The van der Waals surface area contributed by atoms with Gasteiger partial charge in [-0.1, -0.05) is 18.2 Å². The van der Waals surface area contributed by atoms with Crippen molar-refractivity contribution < 1.29 is 27.8 Å². The fourth-order valence-corrected chi connectivity index (χ4v) is 4.55. The van der Waals surface area contributed by atoms with Gasteiger partial charge in [-0.2, -0.15) is 13.2 Å². The molecular formula is C26H25ClF3N3O3. The summed E-state index contributed by atoms with van der Waals surface area (Å²) in [6, 6.07) is 10.7. The van der Waals surface area contributed by atoms with Crippen LogP contribution in [0.1, 0.15) is 47.6 Å². The molecule has 1 heterocycles. The summed E-state index contributed by atoms with van der Waals surface area (Å²) >= 11 is 5.95. The number of ether oxygens (including phenoxy) is 1. The van der Waals surface area contributed by atoms with Gasteiger partial charge in [-0.05, 0) is 84.3 Å². The van der Waals surface area contributed by atoms with Gasteiger partial charge in [-0.25, -0.2) is 9.97 Å². The molecule has 0 radical (unpaired) electrons. The highest BCUT2D eigenvalue weighted by Crippen LogP contribution is 2.37. The van der Waals surface area contributed by atoms with E-state index in [0.29, 0.717) is 42.9 Å². The number of hydrogen-bond acceptors (Lipinski definition) is 5. The number of aliphatic carboxylic acids is 1. The maximum atomic E-state index is 12.9. The summed E-state index contributed by atoms with van der Waals surface area (Å²) in [6.45, 7) is 1.47. The van der Waals surface area contributed by atoms with Crippen molar-refractivity contribution >= 4 is 17.6 Å². The van der Waals surface area contributed by atoms with Crippen molar-refractivity contribution in [1.29, 1.82) is 0 Å². The molecule has 1 aliphatic carbocycles. The number of aromatic nitrogens is 2. The third kappa shape index (κ3) is 6.53. The lowest BCUT2D eigenvalue weighted by molar-refractivity contribution is -0.138. The van der Waals surface area contributed by atoms with Crippen molar-refractivity contribution in [2.45, 2.75) is 44.3 Å². The van der Waals surface area contributed by atoms with Crippen LogP contribution in [0.4, 0.5) is 13.2 Å². The summed E-state index contributed by atoms with van der Waals surface area (Å²) in [4.78, 5) is 19.2. The fraction of sp³-hybridized carbons (Fsp3) is 0.346. The van der Waals surface area contributed by atoms with Gasteiger partial charge in [0.1, 0.15) is 5.75 Å². The Kier molecular flexibility index (Phi) is 8.11. The third-order valence-electron chi connectivity index (χ3n) is 6.16. The molecule has 0 aliphatic heterocycles. The molecule has 0 fully saturated rings. The highest BCUT2D eigenvalue weighted by Gasteiger charge is 2.30. The quantitative estimate of drug-likeness (QED) is 0.257. The van der Waals surface area contributed by atoms with Crippen LogP contribution in [-0.4, -0.2) is 34.2 Å². The summed E-state index contributed by atoms with van der Waals surface area (Å²) in [5, 5.41) is 12.4. The van der Waals surface area contributed by atoms with Gasteiger partial charge in [0.25, 0.3) is 0 Å². The summed E-state index contributed by atoms with van der Waals surface area (Å²) in [5.74, 6) is 0.0480. The van der Waals surface area contributed by atoms with Crippen LogP contribution in [0.3, 0.4) is 0 Å². The molecule has 4 rings (SSSR count). The summed E-state index contributed by atoms with van der Waals surface area (Å²) < 4.78 is 44.4. The van der Waals surface area contributed by atoms with Gasteiger partial charge < -0.3 is 15.2 Å². The second-order valence-electron chi connectivity index (χ2n) is 8.65. The lowest BCUT2D eigenvalue weighted by Crippen LogP contribution is -2.18. The minimum absolute atomic E-state index is 0.0630. The van der Waals surface area contributed by atoms with Crippen molar-refractivity contribution in [3.05, 3.63) is 76.3 Å².